The number of hydrogen-bond acceptors (Lipinski definition) is 6. The molecule has 1 saturated heterocycles. The largest absolute Gasteiger partial charge is 0.495 e. The molecule has 0 aliphatic carbocycles. The van der Waals surface area contributed by atoms with Gasteiger partial charge in [0, 0.05) is 30.8 Å². The monoisotopic (exact) mass is 433 g/mol. The maximum atomic E-state index is 12.8. The van der Waals surface area contributed by atoms with E-state index in [-0.39, 0.29) is 11.3 Å². The highest BCUT2D eigenvalue weighted by molar-refractivity contribution is 6.32. The second kappa shape index (κ2) is 9.21. The number of nitro groups is 1. The van der Waals surface area contributed by atoms with E-state index in [0.29, 0.717) is 33.8 Å². The number of nitro benzene ring substituents is 1. The summed E-state index contributed by atoms with van der Waals surface area (Å²) in [7, 11) is 2.93. The van der Waals surface area contributed by atoms with Gasteiger partial charge in [-0.3, -0.25) is 14.9 Å². The summed E-state index contributed by atoms with van der Waals surface area (Å²) in [5.74, 6) is 0.869. The van der Waals surface area contributed by atoms with Crippen LogP contribution in [0.1, 0.15) is 30.1 Å². The van der Waals surface area contributed by atoms with Crippen LogP contribution in [0.5, 0.6) is 11.5 Å². The molecule has 1 aliphatic heterocycles. The first-order valence-electron chi connectivity index (χ1n) is 9.60. The molecule has 1 amide bonds. The fraction of sp³-hybridized carbons (Fsp3) is 0.381. The molecule has 0 spiro atoms. The molecule has 0 aromatic heterocycles. The average Bonchev–Trinajstić information content (AvgIpc) is 2.74. The number of nitrogens with zero attached hydrogens (tertiary/aromatic N) is 2. The summed E-state index contributed by atoms with van der Waals surface area (Å²) in [6.45, 7) is 3.70. The predicted molar refractivity (Wildman–Crippen MR) is 116 cm³/mol. The van der Waals surface area contributed by atoms with E-state index in [0.717, 1.165) is 25.9 Å². The van der Waals surface area contributed by atoms with Gasteiger partial charge < -0.3 is 19.7 Å². The number of halogens is 1. The van der Waals surface area contributed by atoms with Crippen LogP contribution in [0.2, 0.25) is 5.02 Å². The van der Waals surface area contributed by atoms with Gasteiger partial charge in [0.15, 0.2) is 0 Å². The SMILES string of the molecule is COc1cc(OC)c(NC(=O)c2ccc(N3CCC(C)CC3)c([N+](=O)[O-])c2)cc1Cl. The van der Waals surface area contributed by atoms with E-state index in [9.17, 15) is 14.9 Å². The molecule has 0 saturated carbocycles. The molecule has 1 aliphatic rings. The van der Waals surface area contributed by atoms with E-state index in [4.69, 9.17) is 21.1 Å². The lowest BCUT2D eigenvalue weighted by atomic mass is 9.98. The molecule has 2 aromatic rings. The Kier molecular flexibility index (Phi) is 6.66. The zero-order valence-electron chi connectivity index (χ0n) is 17.1. The molecule has 8 nitrogen and oxygen atoms in total. The molecule has 3 rings (SSSR count). The Labute approximate surface area is 179 Å². The molecule has 1 N–H and O–H groups in total. The number of anilines is 2. The highest BCUT2D eigenvalue weighted by atomic mass is 35.5. The number of hydrogen-bond donors (Lipinski definition) is 1. The highest BCUT2D eigenvalue weighted by Gasteiger charge is 2.25. The molecule has 30 heavy (non-hydrogen) atoms. The second-order valence-corrected chi connectivity index (χ2v) is 7.68. The molecule has 1 heterocycles. The second-order valence-electron chi connectivity index (χ2n) is 7.27. The summed E-state index contributed by atoms with van der Waals surface area (Å²) < 4.78 is 10.4. The first-order valence-corrected chi connectivity index (χ1v) is 9.98. The van der Waals surface area contributed by atoms with Crippen LogP contribution in [0, 0.1) is 16.0 Å². The van der Waals surface area contributed by atoms with E-state index in [1.807, 2.05) is 4.90 Å². The van der Waals surface area contributed by atoms with Crippen LogP contribution in [-0.4, -0.2) is 38.1 Å². The van der Waals surface area contributed by atoms with Crippen LogP contribution in [-0.2, 0) is 0 Å². The molecule has 2 aromatic carbocycles. The molecule has 0 unspecified atom stereocenters. The van der Waals surface area contributed by atoms with Crippen molar-refractivity contribution in [3.8, 4) is 11.5 Å². The van der Waals surface area contributed by atoms with Gasteiger partial charge in [0.2, 0.25) is 0 Å². The van der Waals surface area contributed by atoms with Crippen LogP contribution in [0.4, 0.5) is 17.1 Å². The van der Waals surface area contributed by atoms with Gasteiger partial charge in [-0.15, -0.1) is 0 Å². The van der Waals surface area contributed by atoms with Crippen molar-refractivity contribution in [2.75, 3.05) is 37.5 Å². The number of nitrogens with one attached hydrogen (secondary N) is 1. The van der Waals surface area contributed by atoms with Gasteiger partial charge >= 0.3 is 0 Å². The number of carbonyl (C=O) groups is 1. The van der Waals surface area contributed by atoms with Gasteiger partial charge in [-0.1, -0.05) is 18.5 Å². The Morgan fingerprint density at radius 1 is 1.17 bits per heavy atom. The van der Waals surface area contributed by atoms with Gasteiger partial charge in [-0.25, -0.2) is 0 Å². The van der Waals surface area contributed by atoms with E-state index in [2.05, 4.69) is 12.2 Å². The smallest absolute Gasteiger partial charge is 0.293 e. The average molecular weight is 434 g/mol. The fourth-order valence-electron chi connectivity index (χ4n) is 3.48. The van der Waals surface area contributed by atoms with E-state index < -0.39 is 10.8 Å². The number of rotatable bonds is 6. The summed E-state index contributed by atoms with van der Waals surface area (Å²) in [5, 5.41) is 14.7. The lowest BCUT2D eigenvalue weighted by Gasteiger charge is -2.31. The van der Waals surface area contributed by atoms with Crippen molar-refractivity contribution in [2.24, 2.45) is 5.92 Å². The third kappa shape index (κ3) is 4.59. The van der Waals surface area contributed by atoms with Gasteiger partial charge in [-0.05, 0) is 37.0 Å². The number of piperidine rings is 1. The molecular formula is C21H24ClN3O5. The van der Waals surface area contributed by atoms with Gasteiger partial charge in [0.25, 0.3) is 11.6 Å². The normalized spacial score (nSPS) is 14.3. The van der Waals surface area contributed by atoms with Crippen molar-refractivity contribution in [1.82, 2.24) is 0 Å². The third-order valence-electron chi connectivity index (χ3n) is 5.28. The quantitative estimate of drug-likeness (QED) is 0.521. The number of amides is 1. The third-order valence-corrected chi connectivity index (χ3v) is 5.58. The molecule has 0 radical (unpaired) electrons. The molecule has 1 fully saturated rings. The number of carbonyl (C=O) groups excluding carboxylic acids is 1. The number of ether oxygens (including phenoxy) is 2. The molecular weight excluding hydrogens is 410 g/mol. The van der Waals surface area contributed by atoms with Crippen LogP contribution < -0.4 is 19.7 Å². The highest BCUT2D eigenvalue weighted by Crippen LogP contribution is 2.37. The first-order chi connectivity index (χ1) is 14.3. The van der Waals surface area contributed by atoms with Crippen molar-refractivity contribution in [1.29, 1.82) is 0 Å². The van der Waals surface area contributed by atoms with Crippen molar-refractivity contribution in [3.63, 3.8) is 0 Å². The van der Waals surface area contributed by atoms with Crippen LogP contribution in [0.15, 0.2) is 30.3 Å². The van der Waals surface area contributed by atoms with E-state index in [1.165, 1.54) is 26.4 Å². The van der Waals surface area contributed by atoms with Crippen molar-refractivity contribution < 1.29 is 19.2 Å². The minimum Gasteiger partial charge on any atom is -0.495 e. The van der Waals surface area contributed by atoms with Crippen molar-refractivity contribution in [2.45, 2.75) is 19.8 Å². The minimum atomic E-state index is -0.503. The fourth-order valence-corrected chi connectivity index (χ4v) is 3.72. The van der Waals surface area contributed by atoms with Gasteiger partial charge in [0.05, 0.1) is 29.9 Å². The van der Waals surface area contributed by atoms with Crippen molar-refractivity contribution in [3.05, 3.63) is 51.0 Å². The minimum absolute atomic E-state index is 0.0862. The number of methoxy groups -OCH3 is 2. The number of benzene rings is 2. The zero-order chi connectivity index (χ0) is 21.8. The Morgan fingerprint density at radius 3 is 2.43 bits per heavy atom. The lowest BCUT2D eigenvalue weighted by Crippen LogP contribution is -2.33. The lowest BCUT2D eigenvalue weighted by molar-refractivity contribution is -0.384. The van der Waals surface area contributed by atoms with E-state index in [1.54, 1.807) is 18.2 Å². The van der Waals surface area contributed by atoms with Crippen LogP contribution in [0.3, 0.4) is 0 Å². The molecule has 0 atom stereocenters. The zero-order valence-corrected chi connectivity index (χ0v) is 17.9. The Morgan fingerprint density at radius 2 is 1.83 bits per heavy atom. The maximum Gasteiger partial charge on any atom is 0.293 e. The topological polar surface area (TPSA) is 93.9 Å². The van der Waals surface area contributed by atoms with Gasteiger partial charge in [-0.2, -0.15) is 0 Å². The summed E-state index contributed by atoms with van der Waals surface area (Å²) >= 11 is 6.15. The molecule has 160 valence electrons. The Balaban J connectivity index is 1.87. The Hall–Kier alpha value is -3.00. The molecule has 0 bridgehead atoms. The Bertz CT molecular complexity index is 958. The van der Waals surface area contributed by atoms with Crippen LogP contribution in [0.25, 0.3) is 0 Å². The van der Waals surface area contributed by atoms with Crippen molar-refractivity contribution >= 4 is 34.6 Å². The molecule has 9 heteroatoms. The summed E-state index contributed by atoms with van der Waals surface area (Å²) in [4.78, 5) is 26.0. The predicted octanol–water partition coefficient (Wildman–Crippen LogP) is 4.75. The van der Waals surface area contributed by atoms with Crippen LogP contribution >= 0.6 is 11.6 Å². The standard InChI is InChI=1S/C21H24ClN3O5/c1-13-6-8-24(9-7-13)17-5-4-14(10-18(17)25(27)28)21(26)23-16-11-15(22)19(29-2)12-20(16)30-3/h4-5,10-13H,6-9H2,1-3H3,(H,23,26). The first kappa shape index (κ1) is 21.7. The maximum absolute atomic E-state index is 12.8. The van der Waals surface area contributed by atoms with Gasteiger partial charge in [0.1, 0.15) is 17.2 Å². The summed E-state index contributed by atoms with van der Waals surface area (Å²) in [5.41, 5.74) is 0.959. The van der Waals surface area contributed by atoms with E-state index >= 15 is 0 Å². The summed E-state index contributed by atoms with van der Waals surface area (Å²) in [6, 6.07) is 7.60. The summed E-state index contributed by atoms with van der Waals surface area (Å²) in [6.07, 6.45) is 1.97.